The molecule has 90 valence electrons. The average Bonchev–Trinajstić information content (AvgIpc) is 2.34. The number of carbonyl (C=O) groups is 2. The zero-order valence-electron chi connectivity index (χ0n) is 9.22. The van der Waals surface area contributed by atoms with Gasteiger partial charge in [0.1, 0.15) is 6.29 Å². The Morgan fingerprint density at radius 3 is 2.47 bits per heavy atom. The second-order valence-electron chi connectivity index (χ2n) is 3.30. The van der Waals surface area contributed by atoms with Crippen LogP contribution in [0.25, 0.3) is 0 Å². The Morgan fingerprint density at radius 2 is 1.94 bits per heavy atom. The van der Waals surface area contributed by atoms with E-state index in [1.807, 2.05) is 0 Å². The third-order valence-electron chi connectivity index (χ3n) is 2.00. The van der Waals surface area contributed by atoms with Gasteiger partial charge in [-0.2, -0.15) is 0 Å². The maximum atomic E-state index is 11.6. The summed E-state index contributed by atoms with van der Waals surface area (Å²) < 4.78 is 0. The summed E-state index contributed by atoms with van der Waals surface area (Å²) in [4.78, 5) is 25.7. The standard InChI is InChI=1S/C11H14N4O2/c12-11(13)15-6-5-14-10(17)9-3-1-8(7-16)2-4-9/h1-4,7H,5-6H2,(H,14,17)(H4,12,13,15). The summed E-state index contributed by atoms with van der Waals surface area (Å²) in [6.45, 7) is 0.687. The molecule has 6 nitrogen and oxygen atoms in total. The molecular formula is C11H14N4O2. The summed E-state index contributed by atoms with van der Waals surface area (Å²) in [5.41, 5.74) is 11.3. The van der Waals surface area contributed by atoms with Crippen LogP contribution >= 0.6 is 0 Å². The second kappa shape index (κ2) is 6.26. The zero-order valence-corrected chi connectivity index (χ0v) is 9.22. The molecule has 0 spiro atoms. The summed E-state index contributed by atoms with van der Waals surface area (Å²) in [5.74, 6) is -0.233. The van der Waals surface area contributed by atoms with Crippen LogP contribution in [0, 0.1) is 0 Å². The molecule has 0 aromatic heterocycles. The molecule has 1 aromatic rings. The molecule has 0 aliphatic carbocycles. The van der Waals surface area contributed by atoms with Gasteiger partial charge in [0, 0.05) is 17.7 Å². The van der Waals surface area contributed by atoms with Gasteiger partial charge in [-0.3, -0.25) is 14.6 Å². The van der Waals surface area contributed by atoms with E-state index in [9.17, 15) is 9.59 Å². The maximum Gasteiger partial charge on any atom is 0.251 e. The van der Waals surface area contributed by atoms with Crippen molar-refractivity contribution in [1.29, 1.82) is 0 Å². The van der Waals surface area contributed by atoms with Crippen LogP contribution in [-0.2, 0) is 0 Å². The monoisotopic (exact) mass is 234 g/mol. The molecule has 0 fully saturated rings. The lowest BCUT2D eigenvalue weighted by Crippen LogP contribution is -2.28. The molecule has 0 unspecified atom stereocenters. The summed E-state index contributed by atoms with van der Waals surface area (Å²) in [5, 5.41) is 2.65. The highest BCUT2D eigenvalue weighted by Crippen LogP contribution is 2.01. The minimum absolute atomic E-state index is 0.00501. The van der Waals surface area contributed by atoms with Crippen molar-refractivity contribution in [3.05, 3.63) is 35.4 Å². The number of amides is 1. The molecule has 0 atom stereocenters. The van der Waals surface area contributed by atoms with Crippen molar-refractivity contribution in [2.75, 3.05) is 13.1 Å². The Kier molecular flexibility index (Phi) is 4.68. The van der Waals surface area contributed by atoms with Crippen LogP contribution in [0.5, 0.6) is 0 Å². The van der Waals surface area contributed by atoms with Crippen molar-refractivity contribution in [2.24, 2.45) is 16.5 Å². The van der Waals surface area contributed by atoms with Crippen molar-refractivity contribution >= 4 is 18.2 Å². The van der Waals surface area contributed by atoms with Crippen LogP contribution in [0.3, 0.4) is 0 Å². The molecule has 6 heteroatoms. The van der Waals surface area contributed by atoms with Gasteiger partial charge in [-0.1, -0.05) is 12.1 Å². The Balaban J connectivity index is 2.46. The molecule has 0 saturated heterocycles. The van der Waals surface area contributed by atoms with Crippen LogP contribution in [0.2, 0.25) is 0 Å². The van der Waals surface area contributed by atoms with Gasteiger partial charge in [-0.05, 0) is 12.1 Å². The fourth-order valence-electron chi connectivity index (χ4n) is 1.17. The molecule has 0 radical (unpaired) electrons. The molecule has 1 amide bonds. The lowest BCUT2D eigenvalue weighted by molar-refractivity contribution is 0.0954. The molecule has 0 bridgehead atoms. The largest absolute Gasteiger partial charge is 0.370 e. The first kappa shape index (κ1) is 12.7. The number of nitrogens with two attached hydrogens (primary N) is 2. The van der Waals surface area contributed by atoms with E-state index >= 15 is 0 Å². The second-order valence-corrected chi connectivity index (χ2v) is 3.30. The molecule has 0 aliphatic rings. The molecule has 0 aliphatic heterocycles. The fourth-order valence-corrected chi connectivity index (χ4v) is 1.17. The highest BCUT2D eigenvalue weighted by Gasteiger charge is 2.03. The van der Waals surface area contributed by atoms with Gasteiger partial charge in [0.25, 0.3) is 5.91 Å². The first-order valence-corrected chi connectivity index (χ1v) is 5.02. The third-order valence-corrected chi connectivity index (χ3v) is 2.00. The summed E-state index contributed by atoms with van der Waals surface area (Å²) in [6.07, 6.45) is 0.723. The maximum absolute atomic E-state index is 11.6. The number of hydrogen-bond acceptors (Lipinski definition) is 3. The van der Waals surface area contributed by atoms with Crippen molar-refractivity contribution in [1.82, 2.24) is 5.32 Å². The van der Waals surface area contributed by atoms with Crippen LogP contribution in [0.1, 0.15) is 20.7 Å². The normalized spacial score (nSPS) is 9.41. The Bertz CT molecular complexity index is 422. The Morgan fingerprint density at radius 1 is 1.29 bits per heavy atom. The Hall–Kier alpha value is -2.37. The van der Waals surface area contributed by atoms with E-state index in [1.165, 1.54) is 0 Å². The lowest BCUT2D eigenvalue weighted by Gasteiger charge is -2.03. The molecule has 17 heavy (non-hydrogen) atoms. The number of nitrogens with zero attached hydrogens (tertiary/aromatic N) is 1. The van der Waals surface area contributed by atoms with E-state index in [1.54, 1.807) is 24.3 Å². The minimum Gasteiger partial charge on any atom is -0.370 e. The van der Waals surface area contributed by atoms with Gasteiger partial charge in [-0.25, -0.2) is 0 Å². The van der Waals surface area contributed by atoms with E-state index in [2.05, 4.69) is 10.3 Å². The van der Waals surface area contributed by atoms with Crippen LogP contribution < -0.4 is 16.8 Å². The summed E-state index contributed by atoms with van der Waals surface area (Å²) in [6, 6.07) is 6.33. The Labute approximate surface area is 98.7 Å². The van der Waals surface area contributed by atoms with Crippen molar-refractivity contribution in [3.63, 3.8) is 0 Å². The molecule has 0 saturated carbocycles. The third kappa shape index (κ3) is 4.33. The average molecular weight is 234 g/mol. The molecule has 1 aromatic carbocycles. The van der Waals surface area contributed by atoms with Crippen LogP contribution in [-0.4, -0.2) is 31.2 Å². The number of carbonyl (C=O) groups excluding carboxylic acids is 2. The number of aliphatic imine (C=N–C) groups is 1. The molecule has 1 rings (SSSR count). The number of nitrogens with one attached hydrogen (secondary N) is 1. The van der Waals surface area contributed by atoms with E-state index in [0.717, 1.165) is 6.29 Å². The number of hydrogen-bond donors (Lipinski definition) is 3. The summed E-state index contributed by atoms with van der Waals surface area (Å²) in [7, 11) is 0. The molecule has 0 heterocycles. The number of guanidine groups is 1. The summed E-state index contributed by atoms with van der Waals surface area (Å²) >= 11 is 0. The quantitative estimate of drug-likeness (QED) is 0.276. The number of benzene rings is 1. The van der Waals surface area contributed by atoms with E-state index in [-0.39, 0.29) is 11.9 Å². The van der Waals surface area contributed by atoms with Gasteiger partial charge >= 0.3 is 0 Å². The van der Waals surface area contributed by atoms with Gasteiger partial charge in [0.2, 0.25) is 0 Å². The topological polar surface area (TPSA) is 111 Å². The minimum atomic E-state index is -0.228. The predicted octanol–water partition coefficient (Wildman–Crippen LogP) is -0.498. The first-order chi connectivity index (χ1) is 8.13. The highest BCUT2D eigenvalue weighted by atomic mass is 16.1. The van der Waals surface area contributed by atoms with E-state index in [0.29, 0.717) is 24.2 Å². The van der Waals surface area contributed by atoms with Gasteiger partial charge in [-0.15, -0.1) is 0 Å². The van der Waals surface area contributed by atoms with Gasteiger partial charge in [0.05, 0.1) is 6.54 Å². The van der Waals surface area contributed by atoms with Crippen LogP contribution in [0.4, 0.5) is 0 Å². The smallest absolute Gasteiger partial charge is 0.251 e. The first-order valence-electron chi connectivity index (χ1n) is 5.02. The number of aldehydes is 1. The van der Waals surface area contributed by atoms with E-state index in [4.69, 9.17) is 11.5 Å². The zero-order chi connectivity index (χ0) is 12.7. The number of rotatable bonds is 5. The van der Waals surface area contributed by atoms with Crippen LogP contribution in [0.15, 0.2) is 29.3 Å². The lowest BCUT2D eigenvalue weighted by atomic mass is 10.1. The molecule has 5 N–H and O–H groups in total. The van der Waals surface area contributed by atoms with Gasteiger partial charge in [0.15, 0.2) is 5.96 Å². The van der Waals surface area contributed by atoms with Crippen molar-refractivity contribution < 1.29 is 9.59 Å². The predicted molar refractivity (Wildman–Crippen MR) is 64.8 cm³/mol. The van der Waals surface area contributed by atoms with Gasteiger partial charge < -0.3 is 16.8 Å². The van der Waals surface area contributed by atoms with Crippen molar-refractivity contribution in [3.8, 4) is 0 Å². The molecular weight excluding hydrogens is 220 g/mol. The van der Waals surface area contributed by atoms with Crippen molar-refractivity contribution in [2.45, 2.75) is 0 Å². The fraction of sp³-hybridized carbons (Fsp3) is 0.182. The highest BCUT2D eigenvalue weighted by molar-refractivity contribution is 5.94. The SMILES string of the molecule is NC(N)=NCCNC(=O)c1ccc(C=O)cc1. The van der Waals surface area contributed by atoms with E-state index < -0.39 is 0 Å².